The summed E-state index contributed by atoms with van der Waals surface area (Å²) in [5.41, 5.74) is 0. The molecular formula is C13H25FO2S. The smallest absolute Gasteiger partial charge is 0.318 e. The molecule has 0 radical (unpaired) electrons. The third-order valence-electron chi connectivity index (χ3n) is 2.46. The van der Waals surface area contributed by atoms with Crippen LogP contribution in [0.25, 0.3) is 0 Å². The Morgan fingerprint density at radius 2 is 1.94 bits per heavy atom. The zero-order valence-corrected chi connectivity index (χ0v) is 12.2. The number of carbonyl (C=O) groups is 1. The van der Waals surface area contributed by atoms with Crippen molar-refractivity contribution in [3.8, 4) is 0 Å². The summed E-state index contributed by atoms with van der Waals surface area (Å²) < 4.78 is 17.3. The molecule has 2 atom stereocenters. The summed E-state index contributed by atoms with van der Waals surface area (Å²) in [6, 6.07) is 0. The topological polar surface area (TPSA) is 26.3 Å². The number of esters is 1. The molecule has 2 unspecified atom stereocenters. The van der Waals surface area contributed by atoms with Crippen molar-refractivity contribution in [2.75, 3.05) is 12.9 Å². The fourth-order valence-electron chi connectivity index (χ4n) is 1.55. The number of rotatable bonds is 9. The SMILES string of the molecule is COC(=O)C(CC(C)C)SCCCCC(C)F. The number of alkyl halides is 1. The van der Waals surface area contributed by atoms with E-state index in [4.69, 9.17) is 4.74 Å². The molecule has 0 aliphatic carbocycles. The molecule has 17 heavy (non-hydrogen) atoms. The maximum atomic E-state index is 12.6. The molecule has 0 N–H and O–H groups in total. The Labute approximate surface area is 109 Å². The first-order valence-corrected chi connectivity index (χ1v) is 7.35. The lowest BCUT2D eigenvalue weighted by Crippen LogP contribution is -2.21. The summed E-state index contributed by atoms with van der Waals surface area (Å²) in [7, 11) is 1.43. The van der Waals surface area contributed by atoms with Crippen LogP contribution in [0.15, 0.2) is 0 Å². The van der Waals surface area contributed by atoms with Gasteiger partial charge in [-0.25, -0.2) is 4.39 Å². The summed E-state index contributed by atoms with van der Waals surface area (Å²) in [6.07, 6.45) is 2.60. The minimum Gasteiger partial charge on any atom is -0.468 e. The molecule has 0 spiro atoms. The van der Waals surface area contributed by atoms with Crippen molar-refractivity contribution in [2.45, 2.75) is 57.9 Å². The average Bonchev–Trinajstić information content (AvgIpc) is 2.25. The number of hydrogen-bond acceptors (Lipinski definition) is 3. The van der Waals surface area contributed by atoms with Crippen LogP contribution in [0.4, 0.5) is 4.39 Å². The first-order valence-electron chi connectivity index (χ1n) is 6.30. The van der Waals surface area contributed by atoms with Crippen molar-refractivity contribution in [3.05, 3.63) is 0 Å². The van der Waals surface area contributed by atoms with Gasteiger partial charge in [0.2, 0.25) is 0 Å². The van der Waals surface area contributed by atoms with Gasteiger partial charge in [-0.1, -0.05) is 13.8 Å². The van der Waals surface area contributed by atoms with Crippen molar-refractivity contribution < 1.29 is 13.9 Å². The Bertz CT molecular complexity index is 208. The van der Waals surface area contributed by atoms with Crippen LogP contribution in [0.3, 0.4) is 0 Å². The van der Waals surface area contributed by atoms with E-state index in [1.54, 1.807) is 18.7 Å². The first kappa shape index (κ1) is 16.8. The van der Waals surface area contributed by atoms with Crippen LogP contribution >= 0.6 is 11.8 Å². The largest absolute Gasteiger partial charge is 0.468 e. The molecule has 0 heterocycles. The second-order valence-electron chi connectivity index (χ2n) is 4.79. The van der Waals surface area contributed by atoms with Crippen LogP contribution in [-0.2, 0) is 9.53 Å². The van der Waals surface area contributed by atoms with Crippen LogP contribution in [0.2, 0.25) is 0 Å². The van der Waals surface area contributed by atoms with E-state index >= 15 is 0 Å². The van der Waals surface area contributed by atoms with Crippen molar-refractivity contribution in [3.63, 3.8) is 0 Å². The molecule has 0 rings (SSSR count). The maximum Gasteiger partial charge on any atom is 0.318 e. The van der Waals surface area contributed by atoms with Gasteiger partial charge >= 0.3 is 5.97 Å². The summed E-state index contributed by atoms with van der Waals surface area (Å²) in [6.45, 7) is 5.78. The summed E-state index contributed by atoms with van der Waals surface area (Å²) in [4.78, 5) is 11.5. The van der Waals surface area contributed by atoms with Crippen LogP contribution in [0.5, 0.6) is 0 Å². The number of ether oxygens (including phenoxy) is 1. The number of hydrogen-bond donors (Lipinski definition) is 0. The van der Waals surface area contributed by atoms with Crippen molar-refractivity contribution >= 4 is 17.7 Å². The van der Waals surface area contributed by atoms with Crippen LogP contribution in [-0.4, -0.2) is 30.3 Å². The quantitative estimate of drug-likeness (QED) is 0.467. The number of halogens is 1. The molecule has 0 saturated carbocycles. The molecule has 102 valence electrons. The summed E-state index contributed by atoms with van der Waals surface area (Å²) >= 11 is 1.64. The molecule has 0 aliphatic heterocycles. The van der Waals surface area contributed by atoms with Gasteiger partial charge in [0.25, 0.3) is 0 Å². The van der Waals surface area contributed by atoms with Gasteiger partial charge in [0.05, 0.1) is 13.3 Å². The van der Waals surface area contributed by atoms with E-state index in [0.717, 1.165) is 25.0 Å². The van der Waals surface area contributed by atoms with E-state index in [9.17, 15) is 9.18 Å². The van der Waals surface area contributed by atoms with E-state index in [0.29, 0.717) is 12.3 Å². The molecule has 0 aromatic rings. The van der Waals surface area contributed by atoms with Gasteiger partial charge in [0.1, 0.15) is 5.25 Å². The van der Waals surface area contributed by atoms with E-state index in [1.165, 1.54) is 7.11 Å². The minimum absolute atomic E-state index is 0.0669. The third kappa shape index (κ3) is 9.45. The zero-order valence-electron chi connectivity index (χ0n) is 11.4. The predicted molar refractivity (Wildman–Crippen MR) is 72.1 cm³/mol. The third-order valence-corrected chi connectivity index (χ3v) is 3.78. The lowest BCUT2D eigenvalue weighted by atomic mass is 10.1. The van der Waals surface area contributed by atoms with Gasteiger partial charge in [-0.15, -0.1) is 11.8 Å². The Morgan fingerprint density at radius 3 is 2.41 bits per heavy atom. The first-order chi connectivity index (χ1) is 7.97. The zero-order chi connectivity index (χ0) is 13.3. The van der Waals surface area contributed by atoms with Gasteiger partial charge in [0, 0.05) is 0 Å². The molecule has 0 aromatic heterocycles. The Balaban J connectivity index is 3.80. The lowest BCUT2D eigenvalue weighted by molar-refractivity contribution is -0.140. The standard InChI is InChI=1S/C13H25FO2S/c1-10(2)9-12(13(15)16-4)17-8-6-5-7-11(3)14/h10-12H,5-9H2,1-4H3. The highest BCUT2D eigenvalue weighted by Crippen LogP contribution is 2.22. The molecule has 0 saturated heterocycles. The fraction of sp³-hybridized carbons (Fsp3) is 0.923. The number of methoxy groups -OCH3 is 1. The van der Waals surface area contributed by atoms with Crippen LogP contribution < -0.4 is 0 Å². The second kappa shape index (κ2) is 9.75. The van der Waals surface area contributed by atoms with Crippen molar-refractivity contribution in [1.29, 1.82) is 0 Å². The molecule has 0 amide bonds. The number of carbonyl (C=O) groups excluding carboxylic acids is 1. The minimum atomic E-state index is -0.716. The predicted octanol–water partition coefficient (Wildman–Crippen LogP) is 3.84. The van der Waals surface area contributed by atoms with E-state index in [1.807, 2.05) is 0 Å². The molecule has 2 nitrogen and oxygen atoms in total. The molecule has 0 aromatic carbocycles. The lowest BCUT2D eigenvalue weighted by Gasteiger charge is -2.16. The average molecular weight is 264 g/mol. The second-order valence-corrected chi connectivity index (χ2v) is 6.10. The van der Waals surface area contributed by atoms with Crippen molar-refractivity contribution in [1.82, 2.24) is 0 Å². The summed E-state index contributed by atoms with van der Waals surface area (Å²) in [5.74, 6) is 1.25. The normalized spacial score (nSPS) is 14.7. The molecule has 0 bridgehead atoms. The molecule has 4 heteroatoms. The van der Waals surface area contributed by atoms with E-state index in [2.05, 4.69) is 13.8 Å². The van der Waals surface area contributed by atoms with Gasteiger partial charge in [-0.3, -0.25) is 4.79 Å². The highest BCUT2D eigenvalue weighted by atomic mass is 32.2. The van der Waals surface area contributed by atoms with Gasteiger partial charge < -0.3 is 4.74 Å². The van der Waals surface area contributed by atoms with Crippen molar-refractivity contribution in [2.24, 2.45) is 5.92 Å². The van der Waals surface area contributed by atoms with Crippen LogP contribution in [0.1, 0.15) is 46.5 Å². The molecule has 0 aliphatic rings. The molecular weight excluding hydrogens is 239 g/mol. The van der Waals surface area contributed by atoms with Gasteiger partial charge in [0.15, 0.2) is 0 Å². The van der Waals surface area contributed by atoms with Crippen LogP contribution in [0, 0.1) is 5.92 Å². The Kier molecular flexibility index (Phi) is 9.60. The fourth-order valence-corrected chi connectivity index (χ4v) is 2.95. The van der Waals surface area contributed by atoms with E-state index in [-0.39, 0.29) is 11.2 Å². The van der Waals surface area contributed by atoms with Gasteiger partial charge in [-0.05, 0) is 44.3 Å². The Hall–Kier alpha value is -0.250. The van der Waals surface area contributed by atoms with E-state index < -0.39 is 6.17 Å². The molecule has 0 fully saturated rings. The summed E-state index contributed by atoms with van der Waals surface area (Å²) in [5, 5.41) is -0.0669. The Morgan fingerprint density at radius 1 is 1.29 bits per heavy atom. The maximum absolute atomic E-state index is 12.6. The highest BCUT2D eigenvalue weighted by molar-refractivity contribution is 8.00. The highest BCUT2D eigenvalue weighted by Gasteiger charge is 2.20. The monoisotopic (exact) mass is 264 g/mol. The number of thioether (sulfide) groups is 1. The van der Waals surface area contributed by atoms with Gasteiger partial charge in [-0.2, -0.15) is 0 Å². The number of unbranched alkanes of at least 4 members (excludes halogenated alkanes) is 1.